The number of fused-ring (bicyclic) bond motifs is 1. The lowest BCUT2D eigenvalue weighted by Gasteiger charge is -2.06. The van der Waals surface area contributed by atoms with Crippen LogP contribution < -0.4 is 16.6 Å². The number of carbonyl (C=O) groups is 1. The van der Waals surface area contributed by atoms with Crippen molar-refractivity contribution in [3.8, 4) is 11.3 Å². The van der Waals surface area contributed by atoms with Crippen LogP contribution in [0.2, 0.25) is 0 Å². The quantitative estimate of drug-likeness (QED) is 0.549. The second-order valence-corrected chi connectivity index (χ2v) is 7.56. The number of nitrogens with one attached hydrogen (secondary N) is 1. The third-order valence-corrected chi connectivity index (χ3v) is 5.35. The van der Waals surface area contributed by atoms with E-state index < -0.39 is 11.2 Å². The lowest BCUT2D eigenvalue weighted by atomic mass is 10.1. The molecule has 0 aliphatic heterocycles. The van der Waals surface area contributed by atoms with Crippen molar-refractivity contribution < 1.29 is 4.79 Å². The first-order valence-corrected chi connectivity index (χ1v) is 9.66. The van der Waals surface area contributed by atoms with Crippen molar-refractivity contribution in [2.24, 2.45) is 14.1 Å². The molecule has 0 aliphatic carbocycles. The van der Waals surface area contributed by atoms with Gasteiger partial charge in [-0.2, -0.15) is 0 Å². The van der Waals surface area contributed by atoms with Gasteiger partial charge in [-0.15, -0.1) is 11.3 Å². The van der Waals surface area contributed by atoms with Crippen LogP contribution in [0.25, 0.3) is 22.4 Å². The minimum absolute atomic E-state index is 0.122. The monoisotopic (exact) mass is 410 g/mol. The summed E-state index contributed by atoms with van der Waals surface area (Å²) >= 11 is 1.33. The number of thiazole rings is 1. The zero-order valence-electron chi connectivity index (χ0n) is 16.0. The van der Waals surface area contributed by atoms with Gasteiger partial charge in [-0.3, -0.25) is 18.7 Å². The molecule has 1 amide bonds. The van der Waals surface area contributed by atoms with Crippen molar-refractivity contribution in [2.45, 2.75) is 13.5 Å². The summed E-state index contributed by atoms with van der Waals surface area (Å²) < 4.78 is 3.70. The molecule has 4 aromatic rings. The van der Waals surface area contributed by atoms with Gasteiger partial charge in [0, 0.05) is 25.0 Å². The van der Waals surface area contributed by atoms with Crippen LogP contribution in [0.15, 0.2) is 45.6 Å². The molecule has 10 heteroatoms. The van der Waals surface area contributed by atoms with E-state index in [-0.39, 0.29) is 23.6 Å². The molecule has 3 heterocycles. The van der Waals surface area contributed by atoms with Gasteiger partial charge in [-0.1, -0.05) is 23.8 Å². The third-order valence-electron chi connectivity index (χ3n) is 4.60. The number of anilines is 1. The van der Waals surface area contributed by atoms with Crippen molar-refractivity contribution in [3.63, 3.8) is 0 Å². The summed E-state index contributed by atoms with van der Waals surface area (Å²) in [7, 11) is 2.92. The number of benzene rings is 1. The highest BCUT2D eigenvalue weighted by atomic mass is 32.1. The Bertz CT molecular complexity index is 1360. The molecule has 0 saturated carbocycles. The molecule has 0 saturated heterocycles. The first kappa shape index (κ1) is 18.8. The Hall–Kier alpha value is -3.53. The molecule has 0 aliphatic rings. The van der Waals surface area contributed by atoms with Gasteiger partial charge in [-0.25, -0.2) is 14.8 Å². The number of hydrogen-bond acceptors (Lipinski definition) is 6. The van der Waals surface area contributed by atoms with Crippen LogP contribution >= 0.6 is 11.3 Å². The predicted octanol–water partition coefficient (Wildman–Crippen LogP) is 1.50. The zero-order valence-corrected chi connectivity index (χ0v) is 16.9. The fraction of sp³-hybridized carbons (Fsp3) is 0.211. The van der Waals surface area contributed by atoms with E-state index >= 15 is 0 Å². The number of nitrogens with zero attached hydrogens (tertiary/aromatic N) is 5. The van der Waals surface area contributed by atoms with Crippen molar-refractivity contribution in [1.82, 2.24) is 23.7 Å². The van der Waals surface area contributed by atoms with Gasteiger partial charge in [-0.05, 0) is 13.0 Å². The molecule has 0 fully saturated rings. The first-order chi connectivity index (χ1) is 13.8. The highest BCUT2D eigenvalue weighted by Crippen LogP contribution is 2.25. The zero-order chi connectivity index (χ0) is 20.7. The summed E-state index contributed by atoms with van der Waals surface area (Å²) in [5.74, 6) is -0.342. The predicted molar refractivity (Wildman–Crippen MR) is 111 cm³/mol. The van der Waals surface area contributed by atoms with Crippen LogP contribution in [0.4, 0.5) is 5.13 Å². The fourth-order valence-electron chi connectivity index (χ4n) is 3.10. The molecular weight excluding hydrogens is 392 g/mol. The Morgan fingerprint density at radius 3 is 2.76 bits per heavy atom. The van der Waals surface area contributed by atoms with Crippen LogP contribution in [0.1, 0.15) is 5.56 Å². The maximum absolute atomic E-state index is 12.5. The highest BCUT2D eigenvalue weighted by molar-refractivity contribution is 7.14. The number of hydrogen-bond donors (Lipinski definition) is 1. The van der Waals surface area contributed by atoms with Gasteiger partial charge in [0.05, 0.1) is 12.0 Å². The molecule has 0 unspecified atom stereocenters. The van der Waals surface area contributed by atoms with E-state index in [1.165, 1.54) is 40.9 Å². The third kappa shape index (κ3) is 3.38. The molecule has 1 N–H and O–H groups in total. The lowest BCUT2D eigenvalue weighted by Crippen LogP contribution is -2.37. The lowest BCUT2D eigenvalue weighted by molar-refractivity contribution is -0.116. The number of amides is 1. The molecule has 0 bridgehead atoms. The number of imidazole rings is 1. The molecule has 4 rings (SSSR count). The molecular formula is C19H18N6O3S. The molecule has 3 aromatic heterocycles. The Kier molecular flexibility index (Phi) is 4.63. The van der Waals surface area contributed by atoms with E-state index in [0.29, 0.717) is 5.13 Å². The number of aryl methyl sites for hydroxylation is 2. The van der Waals surface area contributed by atoms with Gasteiger partial charge in [0.25, 0.3) is 5.56 Å². The van der Waals surface area contributed by atoms with Gasteiger partial charge >= 0.3 is 5.69 Å². The molecule has 9 nitrogen and oxygen atoms in total. The largest absolute Gasteiger partial charge is 0.332 e. The van der Waals surface area contributed by atoms with Gasteiger partial charge in [0.15, 0.2) is 16.3 Å². The number of rotatable bonds is 4. The molecule has 0 spiro atoms. The standard InChI is InChI=1S/C19H18N6O3S/c1-11-5-4-6-12(7-11)13-9-29-18(21-13)22-14(26)8-25-10-20-16-15(25)17(27)24(3)19(28)23(16)2/h4-7,9-10H,8H2,1-3H3,(H,21,22,26). The van der Waals surface area contributed by atoms with Gasteiger partial charge < -0.3 is 9.88 Å². The topological polar surface area (TPSA) is 104 Å². The van der Waals surface area contributed by atoms with Crippen LogP contribution in [-0.2, 0) is 25.4 Å². The van der Waals surface area contributed by atoms with Crippen molar-refractivity contribution in [1.29, 1.82) is 0 Å². The number of aromatic nitrogens is 5. The van der Waals surface area contributed by atoms with E-state index in [1.807, 2.05) is 36.6 Å². The van der Waals surface area contributed by atoms with Gasteiger partial charge in [0.1, 0.15) is 6.54 Å². The SMILES string of the molecule is Cc1cccc(-c2csc(NC(=O)Cn3cnc4c3c(=O)n(C)c(=O)n4C)n2)c1. The Balaban J connectivity index is 1.57. The maximum Gasteiger partial charge on any atom is 0.332 e. The number of carbonyl (C=O) groups excluding carboxylic acids is 1. The van der Waals surface area contributed by atoms with E-state index in [0.717, 1.165) is 21.4 Å². The summed E-state index contributed by atoms with van der Waals surface area (Å²) in [5.41, 5.74) is 2.36. The highest BCUT2D eigenvalue weighted by Gasteiger charge is 2.16. The second kappa shape index (κ2) is 7.13. The maximum atomic E-state index is 12.5. The normalized spacial score (nSPS) is 11.1. The molecule has 0 radical (unpaired) electrons. The summed E-state index contributed by atoms with van der Waals surface area (Å²) in [6.45, 7) is 1.89. The summed E-state index contributed by atoms with van der Waals surface area (Å²) in [5, 5.41) is 5.10. The van der Waals surface area contributed by atoms with Crippen LogP contribution in [-0.4, -0.2) is 29.6 Å². The molecule has 29 heavy (non-hydrogen) atoms. The fourth-order valence-corrected chi connectivity index (χ4v) is 3.83. The Labute approximate surface area is 168 Å². The summed E-state index contributed by atoms with van der Waals surface area (Å²) in [4.78, 5) is 45.5. The van der Waals surface area contributed by atoms with E-state index in [1.54, 1.807) is 0 Å². The Morgan fingerprint density at radius 1 is 1.21 bits per heavy atom. The average Bonchev–Trinajstić information content (AvgIpc) is 3.32. The molecule has 0 atom stereocenters. The average molecular weight is 410 g/mol. The molecule has 148 valence electrons. The van der Waals surface area contributed by atoms with E-state index in [2.05, 4.69) is 15.3 Å². The van der Waals surface area contributed by atoms with Crippen LogP contribution in [0.5, 0.6) is 0 Å². The van der Waals surface area contributed by atoms with Crippen LogP contribution in [0, 0.1) is 6.92 Å². The van der Waals surface area contributed by atoms with Gasteiger partial charge in [0.2, 0.25) is 5.91 Å². The van der Waals surface area contributed by atoms with E-state index in [9.17, 15) is 14.4 Å². The second-order valence-electron chi connectivity index (χ2n) is 6.71. The van der Waals surface area contributed by atoms with Crippen LogP contribution in [0.3, 0.4) is 0 Å². The summed E-state index contributed by atoms with van der Waals surface area (Å²) in [6.07, 6.45) is 1.38. The van der Waals surface area contributed by atoms with Crippen molar-refractivity contribution >= 4 is 33.5 Å². The summed E-state index contributed by atoms with van der Waals surface area (Å²) in [6, 6.07) is 7.96. The molecule has 1 aromatic carbocycles. The smallest absolute Gasteiger partial charge is 0.315 e. The minimum atomic E-state index is -0.496. The minimum Gasteiger partial charge on any atom is -0.315 e. The van der Waals surface area contributed by atoms with Crippen molar-refractivity contribution in [2.75, 3.05) is 5.32 Å². The van der Waals surface area contributed by atoms with Crippen molar-refractivity contribution in [3.05, 3.63) is 62.4 Å². The Morgan fingerprint density at radius 2 is 2.00 bits per heavy atom. The van der Waals surface area contributed by atoms with E-state index in [4.69, 9.17) is 0 Å². The first-order valence-electron chi connectivity index (χ1n) is 8.78.